The van der Waals surface area contributed by atoms with E-state index in [2.05, 4.69) is 14.8 Å². The summed E-state index contributed by atoms with van der Waals surface area (Å²) in [5.74, 6) is -7.11. The molecule has 3 aliphatic rings. The van der Waals surface area contributed by atoms with Gasteiger partial charge in [0.25, 0.3) is 5.69 Å². The van der Waals surface area contributed by atoms with Crippen LogP contribution in [0, 0.1) is 10.1 Å². The molecule has 0 radical (unpaired) electrons. The van der Waals surface area contributed by atoms with E-state index < -0.39 is 157 Å². The fourth-order valence-corrected chi connectivity index (χ4v) is 6.74. The smallest absolute Gasteiger partial charge is 0.726 e. The number of carboxylic acid groups (broad SMARTS) is 1. The number of nitro groups is 1. The first kappa shape index (κ1) is 55.3. The molecule has 16 unspecified atom stereocenters. The van der Waals surface area contributed by atoms with Crippen molar-refractivity contribution in [3.05, 3.63) is 34.4 Å². The van der Waals surface area contributed by atoms with Gasteiger partial charge in [-0.1, -0.05) is 0 Å². The summed E-state index contributed by atoms with van der Waals surface area (Å²) in [5, 5.41) is 113. The molecule has 3 saturated heterocycles. The number of carbonyl (C=O) groups is 3. The van der Waals surface area contributed by atoms with E-state index in [1.807, 2.05) is 0 Å². The number of carbonyl (C=O) groups excluding carboxylic acids is 3. The van der Waals surface area contributed by atoms with E-state index in [0.717, 1.165) is 38.1 Å². The predicted octanol–water partition coefficient (Wildman–Crippen LogP) is -13.9. The molecule has 16 atom stereocenters. The summed E-state index contributed by atoms with van der Waals surface area (Å²) in [5.41, 5.74) is -0.381. The van der Waals surface area contributed by atoms with E-state index in [1.54, 1.807) is 0 Å². The fourth-order valence-electron chi connectivity index (χ4n) is 6.44. The molecule has 4 rings (SSSR count). The number of aliphatic hydroxyl groups is 8. The number of ether oxygens (including phenoxy) is 6. The minimum Gasteiger partial charge on any atom is -0.726 e. The van der Waals surface area contributed by atoms with Gasteiger partial charge in [0.1, 0.15) is 78.8 Å². The second-order valence-electron chi connectivity index (χ2n) is 13.6. The Labute approximate surface area is 389 Å². The van der Waals surface area contributed by atoms with Crippen LogP contribution >= 0.6 is 0 Å². The van der Waals surface area contributed by atoms with Gasteiger partial charge in [0.2, 0.25) is 34.3 Å². The fraction of sp³-hybridized carbons (Fsp3) is 0.710. The normalized spacial score (nSPS) is 35.0. The van der Waals surface area contributed by atoms with Crippen LogP contribution in [0.5, 0.6) is 5.75 Å². The molecule has 3 aliphatic heterocycles. The van der Waals surface area contributed by atoms with Crippen LogP contribution in [0.25, 0.3) is 0 Å². The van der Waals surface area contributed by atoms with Gasteiger partial charge in [-0.05, 0) is 12.1 Å². The van der Waals surface area contributed by atoms with Crippen molar-refractivity contribution in [1.29, 1.82) is 0 Å². The molecule has 1 aromatic carbocycles. The van der Waals surface area contributed by atoms with E-state index in [9.17, 15) is 83.4 Å². The van der Waals surface area contributed by atoms with Crippen molar-refractivity contribution < 1.29 is 170 Å². The number of aliphatic carboxylic acids is 1. The number of benzene rings is 1. The molecule has 334 valence electrons. The molecule has 1 aromatic rings. The van der Waals surface area contributed by atoms with E-state index >= 15 is 0 Å². The van der Waals surface area contributed by atoms with Gasteiger partial charge in [0.05, 0.1) is 36.9 Å². The summed E-state index contributed by atoms with van der Waals surface area (Å²) in [6.45, 7) is -1.44. The van der Waals surface area contributed by atoms with Gasteiger partial charge in [-0.2, -0.15) is 0 Å². The summed E-state index contributed by atoms with van der Waals surface area (Å²) >= 11 is 0. The Balaban J connectivity index is 0.00000641. The average molecular weight is 920 g/mol. The van der Waals surface area contributed by atoms with E-state index in [-0.39, 0.29) is 70.6 Å². The number of aliphatic hydroxyl groups excluding tert-OH is 8. The summed E-state index contributed by atoms with van der Waals surface area (Å²) in [6, 6.07) is 0.913. The summed E-state index contributed by atoms with van der Waals surface area (Å²) in [6.07, 6.45) is -27.6. The van der Waals surface area contributed by atoms with Gasteiger partial charge in [-0.25, -0.2) is 8.42 Å². The van der Waals surface area contributed by atoms with Crippen LogP contribution in [-0.2, 0) is 52.7 Å². The van der Waals surface area contributed by atoms with Crippen LogP contribution in [-0.4, -0.2) is 194 Å². The number of carboxylic acids is 1. The Kier molecular flexibility index (Phi) is 21.2. The molecule has 30 heteroatoms. The van der Waals surface area contributed by atoms with Gasteiger partial charge in [0, 0.05) is 32.4 Å². The summed E-state index contributed by atoms with van der Waals surface area (Å²) < 4.78 is 71.3. The molecule has 0 aromatic heterocycles. The summed E-state index contributed by atoms with van der Waals surface area (Å²) in [7, 11) is -5.38. The molecule has 0 saturated carbocycles. The van der Waals surface area contributed by atoms with E-state index in [0.29, 0.717) is 0 Å². The van der Waals surface area contributed by atoms with Gasteiger partial charge in [0.15, 0.2) is 6.29 Å². The maximum atomic E-state index is 12.7. The first-order valence-electron chi connectivity index (χ1n) is 17.4. The molecular formula is C31H43N3Na2O24S. The molecule has 27 nitrogen and oxygen atoms in total. The first-order valence-corrected chi connectivity index (χ1v) is 18.7. The minimum absolute atomic E-state index is 0. The van der Waals surface area contributed by atoms with Crippen molar-refractivity contribution in [3.63, 3.8) is 0 Å². The maximum Gasteiger partial charge on any atom is 1.00 e. The molecule has 0 aliphatic carbocycles. The Morgan fingerprint density at radius 3 is 1.98 bits per heavy atom. The van der Waals surface area contributed by atoms with Crippen molar-refractivity contribution in [2.24, 2.45) is 0 Å². The number of nitrogens with one attached hydrogen (secondary N) is 2. The molecule has 10 N–H and O–H groups in total. The Morgan fingerprint density at radius 2 is 1.46 bits per heavy atom. The number of non-ortho nitro benzene ring substituents is 1. The zero-order chi connectivity index (χ0) is 44.1. The topological polar surface area (TPSA) is 425 Å². The van der Waals surface area contributed by atoms with Crippen molar-refractivity contribution >= 4 is 33.9 Å². The summed E-state index contributed by atoms with van der Waals surface area (Å²) in [4.78, 5) is 47.5. The molecule has 61 heavy (non-hydrogen) atoms. The first-order chi connectivity index (χ1) is 27.5. The van der Waals surface area contributed by atoms with Crippen molar-refractivity contribution in [2.45, 2.75) is 118 Å². The van der Waals surface area contributed by atoms with Crippen LogP contribution < -0.4 is 79.6 Å². The molecule has 0 bridgehead atoms. The predicted molar refractivity (Wildman–Crippen MR) is 179 cm³/mol. The number of hydrogen-bond donors (Lipinski definition) is 10. The standard InChI is InChI=1S/C31H45N3O24S.2Na/c1-11(36)32-19-15(38)7-31(30(45)46,58-27(19)21(40)16(39)8-35)52-9-17-23(42)26(57-29-25(44)24(43)22(41)18(56-29)10-53-59(49,50)51)20(33-12(2)37)28(55-17)54-14-5-3-13(4-6-14)34(47)48;;/h3-6,15-29,35,38-44H,7-10H2,1-2H3,(H,32,36)(H,33,37)(H,45,46)(H,49,50,51);;/q;2*+1/p-2. The second kappa shape index (κ2) is 23.4. The molecule has 0 spiro atoms. The van der Waals surface area contributed by atoms with Crippen molar-refractivity contribution in [2.75, 3.05) is 19.8 Å². The number of nitro benzene ring substituents is 1. The zero-order valence-corrected chi connectivity index (χ0v) is 37.6. The number of amides is 2. The Bertz CT molecular complexity index is 1750. The van der Waals surface area contributed by atoms with E-state index in [4.69, 9.17) is 28.4 Å². The van der Waals surface area contributed by atoms with Gasteiger partial charge in [-0.15, -0.1) is 0 Å². The third kappa shape index (κ3) is 14.1. The van der Waals surface area contributed by atoms with Gasteiger partial charge in [-0.3, -0.25) is 23.9 Å². The quantitative estimate of drug-likeness (QED) is 0.0228. The van der Waals surface area contributed by atoms with Gasteiger partial charge >= 0.3 is 59.1 Å². The molecule has 3 heterocycles. The van der Waals surface area contributed by atoms with Gasteiger partial charge < -0.3 is 94.4 Å². The van der Waals surface area contributed by atoms with Crippen LogP contribution in [0.3, 0.4) is 0 Å². The monoisotopic (exact) mass is 919 g/mol. The zero-order valence-electron chi connectivity index (χ0n) is 32.8. The van der Waals surface area contributed by atoms with Crippen molar-refractivity contribution in [3.8, 4) is 5.75 Å². The molecular weight excluding hydrogens is 876 g/mol. The SMILES string of the molecule is CC(=O)NC1C(O)CC(OCC2OC(Oc3ccc([N+](=O)[O-])cc3)C(NC(C)=O)C(OC3OC(COS(=O)(=O)[O-])C(O)C(O)C3O)C2O)(C(=O)[O-])OC1C(O)C(O)CO.[Na+].[Na+]. The Hall–Kier alpha value is -1.82. The minimum atomic E-state index is -5.38. The van der Waals surface area contributed by atoms with Crippen LogP contribution in [0.1, 0.15) is 20.3 Å². The van der Waals surface area contributed by atoms with Crippen LogP contribution in [0.15, 0.2) is 24.3 Å². The largest absolute Gasteiger partial charge is 1.00 e. The van der Waals surface area contributed by atoms with Crippen LogP contribution in [0.2, 0.25) is 0 Å². The number of hydrogen-bond acceptors (Lipinski definition) is 24. The van der Waals surface area contributed by atoms with Crippen molar-refractivity contribution in [1.82, 2.24) is 10.6 Å². The average Bonchev–Trinajstić information content (AvgIpc) is 3.15. The second-order valence-corrected chi connectivity index (χ2v) is 14.7. The maximum absolute atomic E-state index is 12.7. The Morgan fingerprint density at radius 1 is 0.902 bits per heavy atom. The van der Waals surface area contributed by atoms with Crippen LogP contribution in [0.4, 0.5) is 5.69 Å². The third-order valence-electron chi connectivity index (χ3n) is 9.33. The molecule has 2 amide bonds. The molecule has 3 fully saturated rings. The number of nitrogens with zero attached hydrogens (tertiary/aromatic N) is 1. The number of rotatable bonds is 17. The third-order valence-corrected chi connectivity index (χ3v) is 9.76. The van der Waals surface area contributed by atoms with E-state index in [1.165, 1.54) is 0 Å².